The molecule has 5 rings (SSSR count). The Bertz CT molecular complexity index is 1690. The molecule has 238 valence electrons. The first-order chi connectivity index (χ1) is 21.1. The van der Waals surface area contributed by atoms with Gasteiger partial charge in [0.25, 0.3) is 5.91 Å². The molecule has 0 radical (unpaired) electrons. The molecule has 3 aliphatic carbocycles. The number of aromatic hydroxyl groups is 1. The molecule has 0 saturated carbocycles. The number of nitrogens with two attached hydrogens (primary N) is 1. The van der Waals surface area contributed by atoms with Gasteiger partial charge < -0.3 is 35.8 Å². The van der Waals surface area contributed by atoms with Crippen LogP contribution in [0.3, 0.4) is 0 Å². The van der Waals surface area contributed by atoms with Gasteiger partial charge in [-0.1, -0.05) is 12.1 Å². The molecule has 0 unspecified atom stereocenters. The summed E-state index contributed by atoms with van der Waals surface area (Å²) in [6.45, 7) is 0. The van der Waals surface area contributed by atoms with E-state index in [-0.39, 0.29) is 48.2 Å². The zero-order valence-electron chi connectivity index (χ0n) is 25.7. The van der Waals surface area contributed by atoms with Crippen LogP contribution in [0.4, 0.5) is 5.69 Å². The molecule has 0 fully saturated rings. The first-order valence-electron chi connectivity index (χ1n) is 14.5. The molecule has 0 heterocycles. The van der Waals surface area contributed by atoms with Crippen molar-refractivity contribution < 1.29 is 44.3 Å². The lowest BCUT2D eigenvalue weighted by molar-refractivity contribution is -0.148. The van der Waals surface area contributed by atoms with Crippen molar-refractivity contribution in [3.8, 4) is 11.5 Å². The van der Waals surface area contributed by atoms with E-state index in [1.807, 2.05) is 0 Å². The Morgan fingerprint density at radius 1 is 1.04 bits per heavy atom. The van der Waals surface area contributed by atoms with Crippen molar-refractivity contribution in [1.29, 1.82) is 0 Å². The maximum Gasteiger partial charge on any atom is 0.255 e. The number of hydrogen-bond donors (Lipinski definition) is 5. The maximum absolute atomic E-state index is 14.2. The Labute approximate surface area is 260 Å². The van der Waals surface area contributed by atoms with E-state index in [0.29, 0.717) is 17.0 Å². The lowest BCUT2D eigenvalue weighted by Gasteiger charge is -2.50. The van der Waals surface area contributed by atoms with Crippen LogP contribution in [0, 0.1) is 11.8 Å². The minimum atomic E-state index is -2.73. The Hall–Kier alpha value is -4.68. The Balaban J connectivity index is 1.60. The van der Waals surface area contributed by atoms with Gasteiger partial charge in [0, 0.05) is 49.7 Å². The van der Waals surface area contributed by atoms with Gasteiger partial charge in [-0.05, 0) is 62.2 Å². The highest BCUT2D eigenvalue weighted by molar-refractivity contribution is 6.25. The highest BCUT2D eigenvalue weighted by Crippen LogP contribution is 2.53. The third-order valence-corrected chi connectivity index (χ3v) is 9.21. The number of aliphatic hydroxyl groups is 3. The molecule has 45 heavy (non-hydrogen) atoms. The summed E-state index contributed by atoms with van der Waals surface area (Å²) in [5.74, 6) is -6.75. The molecule has 3 aliphatic rings. The fourth-order valence-electron chi connectivity index (χ4n) is 7.13. The van der Waals surface area contributed by atoms with Crippen molar-refractivity contribution in [3.63, 3.8) is 0 Å². The fourth-order valence-corrected chi connectivity index (χ4v) is 7.13. The molecule has 6 N–H and O–H groups in total. The second-order valence-electron chi connectivity index (χ2n) is 12.4. The smallest absolute Gasteiger partial charge is 0.255 e. The SMILES string of the molecule is COc1ccc(CC(=O)Cc2cc(N(C)C)c3c(c2O)C(=O)C2=C(O)[C@]4(O)C(=O)C(C(N)=O)=C(O)[C@@H](N(C)C)[C@@H]4C[C@@H]2C3)cc1. The number of carbonyl (C=O) groups is 4. The van der Waals surface area contributed by atoms with E-state index in [2.05, 4.69) is 0 Å². The van der Waals surface area contributed by atoms with Gasteiger partial charge in [-0.2, -0.15) is 0 Å². The molecule has 0 aromatic heterocycles. The van der Waals surface area contributed by atoms with E-state index < -0.39 is 63.8 Å². The van der Waals surface area contributed by atoms with Gasteiger partial charge in [-0.3, -0.25) is 24.1 Å². The summed E-state index contributed by atoms with van der Waals surface area (Å²) in [7, 11) is 8.22. The molecule has 12 nitrogen and oxygen atoms in total. The number of benzene rings is 2. The summed E-state index contributed by atoms with van der Waals surface area (Å²) in [6.07, 6.45) is 0.0257. The van der Waals surface area contributed by atoms with Gasteiger partial charge in [0.2, 0.25) is 5.78 Å². The predicted octanol–water partition coefficient (Wildman–Crippen LogP) is 1.55. The van der Waals surface area contributed by atoms with Crippen molar-refractivity contribution in [3.05, 3.63) is 75.3 Å². The summed E-state index contributed by atoms with van der Waals surface area (Å²) < 4.78 is 5.16. The van der Waals surface area contributed by atoms with Crippen LogP contribution in [-0.2, 0) is 33.6 Å². The number of anilines is 1. The number of nitrogens with zero attached hydrogens (tertiary/aromatic N) is 2. The normalized spacial score (nSPS) is 24.3. The number of rotatable bonds is 8. The van der Waals surface area contributed by atoms with Crippen LogP contribution in [0.5, 0.6) is 11.5 Å². The second-order valence-corrected chi connectivity index (χ2v) is 12.4. The molecule has 0 saturated heterocycles. The molecule has 4 atom stereocenters. The average Bonchev–Trinajstić information content (AvgIpc) is 2.96. The summed E-state index contributed by atoms with van der Waals surface area (Å²) in [5.41, 5.74) is 3.46. The van der Waals surface area contributed by atoms with E-state index in [0.717, 1.165) is 5.56 Å². The van der Waals surface area contributed by atoms with Crippen LogP contribution in [0.1, 0.15) is 33.5 Å². The van der Waals surface area contributed by atoms with Crippen molar-refractivity contribution in [2.75, 3.05) is 40.2 Å². The van der Waals surface area contributed by atoms with Crippen LogP contribution in [0.15, 0.2) is 53.0 Å². The van der Waals surface area contributed by atoms with Gasteiger partial charge >= 0.3 is 0 Å². The van der Waals surface area contributed by atoms with Crippen molar-refractivity contribution in [2.45, 2.75) is 37.3 Å². The van der Waals surface area contributed by atoms with E-state index in [1.54, 1.807) is 70.5 Å². The summed E-state index contributed by atoms with van der Waals surface area (Å²) in [6, 6.07) is 7.60. The van der Waals surface area contributed by atoms with Crippen LogP contribution >= 0.6 is 0 Å². The number of primary amides is 1. The highest BCUT2D eigenvalue weighted by Gasteiger charge is 2.63. The molecule has 12 heteroatoms. The number of hydrogen-bond acceptors (Lipinski definition) is 11. The molecule has 2 aromatic rings. The number of ketones is 3. The minimum absolute atomic E-state index is 0.0124. The number of fused-ring (bicyclic) bond motifs is 3. The zero-order chi connectivity index (χ0) is 33.1. The first kappa shape index (κ1) is 31.7. The predicted molar refractivity (Wildman–Crippen MR) is 163 cm³/mol. The highest BCUT2D eigenvalue weighted by atomic mass is 16.5. The largest absolute Gasteiger partial charge is 0.510 e. The van der Waals surface area contributed by atoms with Gasteiger partial charge in [0.1, 0.15) is 34.4 Å². The number of methoxy groups -OCH3 is 1. The summed E-state index contributed by atoms with van der Waals surface area (Å²) in [5, 5.41) is 45.7. The molecule has 0 bridgehead atoms. The van der Waals surface area contributed by atoms with Crippen LogP contribution in [0.25, 0.3) is 0 Å². The number of carbonyl (C=O) groups excluding carboxylic acids is 4. The van der Waals surface area contributed by atoms with Crippen molar-refractivity contribution in [1.82, 2.24) is 4.90 Å². The molecule has 0 aliphatic heterocycles. The topological polar surface area (TPSA) is 191 Å². The fraction of sp³-hybridized carbons (Fsp3) is 0.394. The number of phenolic OH excluding ortho intramolecular Hbond substituents is 1. The Morgan fingerprint density at radius 3 is 2.24 bits per heavy atom. The molecular weight excluding hydrogens is 582 g/mol. The third kappa shape index (κ3) is 4.94. The Morgan fingerprint density at radius 2 is 1.69 bits per heavy atom. The van der Waals surface area contributed by atoms with E-state index in [4.69, 9.17) is 10.5 Å². The summed E-state index contributed by atoms with van der Waals surface area (Å²) in [4.78, 5) is 56.3. The third-order valence-electron chi connectivity index (χ3n) is 9.21. The second kappa shape index (κ2) is 11.4. The van der Waals surface area contributed by atoms with Crippen LogP contribution in [0.2, 0.25) is 0 Å². The zero-order valence-corrected chi connectivity index (χ0v) is 25.7. The Kier molecular flexibility index (Phi) is 8.01. The van der Waals surface area contributed by atoms with Gasteiger partial charge in [-0.25, -0.2) is 0 Å². The van der Waals surface area contributed by atoms with Crippen molar-refractivity contribution >= 4 is 28.9 Å². The van der Waals surface area contributed by atoms with Gasteiger partial charge in [-0.15, -0.1) is 0 Å². The monoisotopic (exact) mass is 619 g/mol. The number of likely N-dealkylation sites (N-methyl/N-ethyl adjacent to an activating group) is 1. The van der Waals surface area contributed by atoms with E-state index >= 15 is 0 Å². The number of aliphatic hydroxyl groups excluding tert-OH is 2. The number of phenols is 1. The number of allylic oxidation sites excluding steroid dienone is 1. The lowest BCUT2D eigenvalue weighted by atomic mass is 9.58. The van der Waals surface area contributed by atoms with Gasteiger partial charge in [0.15, 0.2) is 11.4 Å². The standard InChI is InChI=1S/C33H37N3O9/c1-35(2)22-14-17(11-18(37)10-15-6-8-19(45-5)9-7-15)27(38)24-20(22)12-16-13-21-26(36(3)4)29(40)25(32(34)43)31(42)33(21,44)30(41)23(16)28(24)39/h6-9,14,16,21,26,38,40-41,44H,10-13H2,1-5H3,(H2,34,43)/t16-,21-,26-,33-/m0/s1. The molecule has 0 spiro atoms. The molecule has 1 amide bonds. The molecule has 2 aromatic carbocycles. The summed E-state index contributed by atoms with van der Waals surface area (Å²) >= 11 is 0. The lowest BCUT2D eigenvalue weighted by Crippen LogP contribution is -2.63. The van der Waals surface area contributed by atoms with Gasteiger partial charge in [0.05, 0.1) is 18.7 Å². The molecular formula is C33H37N3O9. The number of ether oxygens (including phenoxy) is 1. The number of Topliss-reactive ketones (excluding diaryl/α,β-unsaturated/α-hetero) is 3. The van der Waals surface area contributed by atoms with Crippen molar-refractivity contribution in [2.24, 2.45) is 17.6 Å². The average molecular weight is 620 g/mol. The van der Waals surface area contributed by atoms with Crippen LogP contribution in [-0.4, -0.2) is 95.5 Å². The quantitative estimate of drug-likeness (QED) is 0.270. The minimum Gasteiger partial charge on any atom is -0.510 e. The maximum atomic E-state index is 14.2. The number of amides is 1. The first-order valence-corrected chi connectivity index (χ1v) is 14.5. The van der Waals surface area contributed by atoms with Crippen LogP contribution < -0.4 is 15.4 Å². The van der Waals surface area contributed by atoms with E-state index in [1.165, 1.54) is 4.90 Å². The van der Waals surface area contributed by atoms with E-state index in [9.17, 15) is 39.6 Å².